The van der Waals surface area contributed by atoms with Gasteiger partial charge in [-0.3, -0.25) is 0 Å². The average Bonchev–Trinajstić information content (AvgIpc) is 2.59. The first-order valence-corrected chi connectivity index (χ1v) is 6.69. The van der Waals surface area contributed by atoms with Crippen LogP contribution in [0.2, 0.25) is 0 Å². The molecule has 112 valence electrons. The quantitative estimate of drug-likeness (QED) is 0.640. The van der Waals surface area contributed by atoms with Gasteiger partial charge in [-0.15, -0.1) is 0 Å². The van der Waals surface area contributed by atoms with Gasteiger partial charge < -0.3 is 9.47 Å². The van der Waals surface area contributed by atoms with E-state index in [0.717, 1.165) is 11.1 Å². The lowest BCUT2D eigenvalue weighted by Gasteiger charge is -2.01. The Balaban J connectivity index is 2.15. The van der Waals surface area contributed by atoms with E-state index in [1.165, 1.54) is 14.2 Å². The number of methoxy groups -OCH3 is 2. The summed E-state index contributed by atoms with van der Waals surface area (Å²) in [4.78, 5) is 22.8. The van der Waals surface area contributed by atoms with Gasteiger partial charge in [0.1, 0.15) is 0 Å². The molecule has 0 unspecified atom stereocenters. The minimum atomic E-state index is -0.363. The number of hydrogen-bond acceptors (Lipinski definition) is 4. The summed E-state index contributed by atoms with van der Waals surface area (Å²) < 4.78 is 9.34. The largest absolute Gasteiger partial charge is 0.465 e. The molecule has 0 N–H and O–H groups in total. The minimum absolute atomic E-state index is 0.360. The molecular weight excluding hydrogens is 280 g/mol. The van der Waals surface area contributed by atoms with Crippen molar-refractivity contribution < 1.29 is 19.1 Å². The van der Waals surface area contributed by atoms with Crippen LogP contribution in [0.5, 0.6) is 0 Å². The van der Waals surface area contributed by atoms with E-state index in [4.69, 9.17) is 4.74 Å². The van der Waals surface area contributed by atoms with Gasteiger partial charge in [-0.1, -0.05) is 36.4 Å². The van der Waals surface area contributed by atoms with E-state index in [2.05, 4.69) is 4.74 Å². The van der Waals surface area contributed by atoms with Crippen molar-refractivity contribution >= 4 is 24.1 Å². The molecule has 4 heteroatoms. The summed E-state index contributed by atoms with van der Waals surface area (Å²) in [5.41, 5.74) is 2.84. The fourth-order valence-electron chi connectivity index (χ4n) is 1.93. The summed E-state index contributed by atoms with van der Waals surface area (Å²) in [5.74, 6) is -0.723. The topological polar surface area (TPSA) is 52.6 Å². The van der Waals surface area contributed by atoms with Gasteiger partial charge >= 0.3 is 11.9 Å². The van der Waals surface area contributed by atoms with E-state index in [1.54, 1.807) is 30.3 Å². The van der Waals surface area contributed by atoms with Crippen LogP contribution >= 0.6 is 0 Å². The van der Waals surface area contributed by atoms with Crippen molar-refractivity contribution in [3.8, 4) is 0 Å². The summed E-state index contributed by atoms with van der Waals surface area (Å²) in [7, 11) is 2.71. The molecule has 0 fully saturated rings. The zero-order chi connectivity index (χ0) is 15.9. The van der Waals surface area contributed by atoms with Crippen LogP contribution in [0, 0.1) is 0 Å². The second-order valence-electron chi connectivity index (χ2n) is 4.56. The first-order chi connectivity index (χ1) is 10.6. The van der Waals surface area contributed by atoms with E-state index in [9.17, 15) is 9.59 Å². The van der Waals surface area contributed by atoms with E-state index < -0.39 is 0 Å². The van der Waals surface area contributed by atoms with Crippen molar-refractivity contribution in [1.29, 1.82) is 0 Å². The Hall–Kier alpha value is -2.88. The first-order valence-electron chi connectivity index (χ1n) is 6.69. The third kappa shape index (κ3) is 3.82. The Bertz CT molecular complexity index is 699. The number of hydrogen-bond donors (Lipinski definition) is 0. The summed E-state index contributed by atoms with van der Waals surface area (Å²) in [6, 6.07) is 14.2. The molecular formula is C18H16O4. The van der Waals surface area contributed by atoms with Gasteiger partial charge in [0.2, 0.25) is 0 Å². The van der Waals surface area contributed by atoms with Crippen LogP contribution in [-0.4, -0.2) is 26.2 Å². The summed E-state index contributed by atoms with van der Waals surface area (Å²) in [6.07, 6.45) is 3.79. The fourth-order valence-corrected chi connectivity index (χ4v) is 1.93. The lowest BCUT2D eigenvalue weighted by Crippen LogP contribution is -2.00. The molecule has 0 amide bonds. The zero-order valence-electron chi connectivity index (χ0n) is 12.4. The van der Waals surface area contributed by atoms with Crippen LogP contribution in [0.15, 0.2) is 48.5 Å². The predicted molar refractivity (Wildman–Crippen MR) is 84.5 cm³/mol. The van der Waals surface area contributed by atoms with Crippen molar-refractivity contribution in [1.82, 2.24) is 0 Å². The maximum atomic E-state index is 11.5. The molecule has 2 aromatic carbocycles. The van der Waals surface area contributed by atoms with Gasteiger partial charge in [-0.05, 0) is 35.4 Å². The van der Waals surface area contributed by atoms with Crippen LogP contribution < -0.4 is 0 Å². The Morgan fingerprint density at radius 2 is 1.36 bits per heavy atom. The van der Waals surface area contributed by atoms with Crippen LogP contribution in [0.1, 0.15) is 31.8 Å². The van der Waals surface area contributed by atoms with Crippen molar-refractivity contribution in [3.63, 3.8) is 0 Å². The molecule has 2 rings (SSSR count). The van der Waals surface area contributed by atoms with Crippen LogP contribution in [0.3, 0.4) is 0 Å². The number of carbonyl (C=O) groups is 2. The van der Waals surface area contributed by atoms with Crippen molar-refractivity contribution in [2.75, 3.05) is 14.2 Å². The molecule has 0 atom stereocenters. The summed E-state index contributed by atoms with van der Waals surface area (Å²) in [6.45, 7) is 0. The highest BCUT2D eigenvalue weighted by molar-refractivity contribution is 5.91. The second-order valence-corrected chi connectivity index (χ2v) is 4.56. The fraction of sp³-hybridized carbons (Fsp3) is 0.111. The third-order valence-corrected chi connectivity index (χ3v) is 3.11. The Morgan fingerprint density at radius 1 is 0.773 bits per heavy atom. The van der Waals surface area contributed by atoms with Gasteiger partial charge in [0.05, 0.1) is 25.3 Å². The highest BCUT2D eigenvalue weighted by Gasteiger charge is 2.05. The SMILES string of the molecule is COC(=O)c1ccc(/C=C\c2cccc(C(=O)OC)c2)cc1. The molecule has 4 nitrogen and oxygen atoms in total. The van der Waals surface area contributed by atoms with Gasteiger partial charge in [0, 0.05) is 0 Å². The predicted octanol–water partition coefficient (Wildman–Crippen LogP) is 3.43. The highest BCUT2D eigenvalue weighted by atomic mass is 16.5. The van der Waals surface area contributed by atoms with Gasteiger partial charge in [-0.2, -0.15) is 0 Å². The molecule has 0 saturated carbocycles. The molecule has 22 heavy (non-hydrogen) atoms. The molecule has 0 aliphatic rings. The molecule has 0 aliphatic carbocycles. The van der Waals surface area contributed by atoms with Crippen molar-refractivity contribution in [2.24, 2.45) is 0 Å². The molecule has 0 spiro atoms. The number of benzene rings is 2. The first kappa shape index (κ1) is 15.5. The van der Waals surface area contributed by atoms with Crippen LogP contribution in [0.4, 0.5) is 0 Å². The molecule has 0 aromatic heterocycles. The van der Waals surface area contributed by atoms with Gasteiger partial charge in [0.15, 0.2) is 0 Å². The summed E-state index contributed by atoms with van der Waals surface area (Å²) >= 11 is 0. The molecule has 0 heterocycles. The lowest BCUT2D eigenvalue weighted by atomic mass is 10.1. The zero-order valence-corrected chi connectivity index (χ0v) is 12.4. The number of esters is 2. The second kappa shape index (κ2) is 7.22. The third-order valence-electron chi connectivity index (χ3n) is 3.11. The molecule has 0 aliphatic heterocycles. The number of rotatable bonds is 4. The van der Waals surface area contributed by atoms with E-state index in [1.807, 2.05) is 30.4 Å². The Labute approximate surface area is 129 Å². The van der Waals surface area contributed by atoms with Crippen molar-refractivity contribution in [3.05, 3.63) is 70.8 Å². The standard InChI is InChI=1S/C18H16O4/c1-21-17(19)15-10-8-13(9-11-15)6-7-14-4-3-5-16(12-14)18(20)22-2/h3-12H,1-2H3/b7-6-. The Kier molecular flexibility index (Phi) is 5.09. The van der Waals surface area contributed by atoms with E-state index in [0.29, 0.717) is 11.1 Å². The molecule has 0 radical (unpaired) electrons. The average molecular weight is 296 g/mol. The number of ether oxygens (including phenoxy) is 2. The smallest absolute Gasteiger partial charge is 0.337 e. The molecule has 2 aromatic rings. The monoisotopic (exact) mass is 296 g/mol. The van der Waals surface area contributed by atoms with Crippen LogP contribution in [-0.2, 0) is 9.47 Å². The normalized spacial score (nSPS) is 10.5. The maximum absolute atomic E-state index is 11.5. The van der Waals surface area contributed by atoms with Crippen LogP contribution in [0.25, 0.3) is 12.2 Å². The van der Waals surface area contributed by atoms with Crippen molar-refractivity contribution in [2.45, 2.75) is 0 Å². The molecule has 0 saturated heterocycles. The molecule has 0 bridgehead atoms. The van der Waals surface area contributed by atoms with E-state index in [-0.39, 0.29) is 11.9 Å². The van der Waals surface area contributed by atoms with Gasteiger partial charge in [-0.25, -0.2) is 9.59 Å². The number of carbonyl (C=O) groups excluding carboxylic acids is 2. The minimum Gasteiger partial charge on any atom is -0.465 e. The summed E-state index contributed by atoms with van der Waals surface area (Å²) in [5, 5.41) is 0. The Morgan fingerprint density at radius 3 is 2.00 bits per heavy atom. The highest BCUT2D eigenvalue weighted by Crippen LogP contribution is 2.12. The maximum Gasteiger partial charge on any atom is 0.337 e. The van der Waals surface area contributed by atoms with E-state index >= 15 is 0 Å². The lowest BCUT2D eigenvalue weighted by molar-refractivity contribution is 0.0592. The van der Waals surface area contributed by atoms with Gasteiger partial charge in [0.25, 0.3) is 0 Å².